The van der Waals surface area contributed by atoms with Crippen molar-refractivity contribution in [2.45, 2.75) is 33.2 Å². The molecular weight excluding hydrogens is 142 g/mol. The summed E-state index contributed by atoms with van der Waals surface area (Å²) in [5, 5.41) is 7.57. The summed E-state index contributed by atoms with van der Waals surface area (Å²) in [7, 11) is 0. The van der Waals surface area contributed by atoms with Gasteiger partial charge in [0.05, 0.1) is 6.61 Å². The molecule has 0 bridgehead atoms. The van der Waals surface area contributed by atoms with Crippen LogP contribution in [0.4, 0.5) is 0 Å². The molecule has 0 aromatic heterocycles. The first-order valence-corrected chi connectivity index (χ1v) is 3.75. The van der Waals surface area contributed by atoms with Crippen molar-refractivity contribution in [3.05, 3.63) is 0 Å². The molecule has 1 aliphatic rings. The number of hydrogen-bond donors (Lipinski definition) is 2. The van der Waals surface area contributed by atoms with E-state index >= 15 is 0 Å². The first-order chi connectivity index (χ1) is 4.81. The molecule has 1 saturated heterocycles. The van der Waals surface area contributed by atoms with Crippen molar-refractivity contribution < 1.29 is 9.84 Å². The molecule has 3 nitrogen and oxygen atoms in total. The molecule has 11 heavy (non-hydrogen) atoms. The van der Waals surface area contributed by atoms with E-state index in [4.69, 9.17) is 15.6 Å². The van der Waals surface area contributed by atoms with Gasteiger partial charge in [-0.05, 0) is 19.8 Å². The maximum absolute atomic E-state index is 7.57. The zero-order valence-corrected chi connectivity index (χ0v) is 6.55. The number of hydrogen-bond acceptors (Lipinski definition) is 3. The second-order valence-electron chi connectivity index (χ2n) is 2.29. The van der Waals surface area contributed by atoms with Gasteiger partial charge in [0.15, 0.2) is 0 Å². The van der Waals surface area contributed by atoms with Gasteiger partial charge in [0.2, 0.25) is 0 Å². The fourth-order valence-electron chi connectivity index (χ4n) is 0.766. The van der Waals surface area contributed by atoms with E-state index in [1.807, 2.05) is 0 Å². The molecule has 0 radical (unpaired) electrons. The van der Waals surface area contributed by atoms with Crippen LogP contribution in [0.15, 0.2) is 0 Å². The highest BCUT2D eigenvalue weighted by molar-refractivity contribution is 4.63. The first kappa shape index (κ1) is 13.5. The van der Waals surface area contributed by atoms with Crippen molar-refractivity contribution >= 4 is 0 Å². The molecule has 1 atom stereocenters. The number of ether oxygens (including phenoxy) is 1. The van der Waals surface area contributed by atoms with Gasteiger partial charge in [-0.3, -0.25) is 0 Å². The molecule has 0 aliphatic carbocycles. The van der Waals surface area contributed by atoms with Gasteiger partial charge >= 0.3 is 0 Å². The van der Waals surface area contributed by atoms with E-state index < -0.39 is 0 Å². The predicted octanol–water partition coefficient (Wildman–Crippen LogP) is 0.759. The molecule has 0 aromatic carbocycles. The minimum Gasteiger partial charge on any atom is -0.397 e. The highest BCUT2D eigenvalue weighted by Gasteiger charge is 2.06. The van der Waals surface area contributed by atoms with Gasteiger partial charge in [-0.2, -0.15) is 0 Å². The lowest BCUT2D eigenvalue weighted by Gasteiger charge is -2.16. The Bertz CT molecular complexity index is 63.1. The van der Waals surface area contributed by atoms with Crippen LogP contribution in [0.1, 0.15) is 27.2 Å². The summed E-state index contributed by atoms with van der Waals surface area (Å²) in [6.07, 6.45) is 2.28. The average Bonchev–Trinajstić information content (AvgIpc) is 1.91. The maximum Gasteiger partial charge on any atom is 0.0617 e. The topological polar surface area (TPSA) is 55.5 Å². The van der Waals surface area contributed by atoms with Crippen LogP contribution in [0.2, 0.25) is 0 Å². The fourth-order valence-corrected chi connectivity index (χ4v) is 0.766. The maximum atomic E-state index is 7.57. The third kappa shape index (κ3) is 9.88. The first-order valence-electron chi connectivity index (χ1n) is 3.75. The van der Waals surface area contributed by atoms with Crippen molar-refractivity contribution in [3.63, 3.8) is 0 Å². The lowest BCUT2D eigenvalue weighted by Crippen LogP contribution is -2.30. The second kappa shape index (κ2) is 9.88. The van der Waals surface area contributed by atoms with Crippen molar-refractivity contribution in [2.75, 3.05) is 19.8 Å². The zero-order chi connectivity index (χ0) is 7.82. The molecule has 1 aliphatic heterocycles. The standard InChI is InChI=1S/C5H11NO.C2H6O.CH4/c6-5-2-1-3-7-4-5;1-2-3;/h5H,1-4,6H2;3H,2H2,1H3;1H4. The van der Waals surface area contributed by atoms with E-state index in [0.29, 0.717) is 6.04 Å². The number of rotatable bonds is 0. The van der Waals surface area contributed by atoms with Crippen molar-refractivity contribution in [1.29, 1.82) is 0 Å². The Morgan fingerprint density at radius 2 is 2.18 bits per heavy atom. The Labute approximate surface area is 69.5 Å². The van der Waals surface area contributed by atoms with Crippen LogP contribution in [-0.4, -0.2) is 31.0 Å². The van der Waals surface area contributed by atoms with Gasteiger partial charge in [0.25, 0.3) is 0 Å². The van der Waals surface area contributed by atoms with Crippen LogP contribution in [0, 0.1) is 0 Å². The highest BCUT2D eigenvalue weighted by Crippen LogP contribution is 2.01. The molecule has 1 rings (SSSR count). The van der Waals surface area contributed by atoms with E-state index in [0.717, 1.165) is 26.1 Å². The quantitative estimate of drug-likeness (QED) is 0.554. The molecule has 0 saturated carbocycles. The predicted molar refractivity (Wildman–Crippen MR) is 47.5 cm³/mol. The van der Waals surface area contributed by atoms with E-state index in [1.165, 1.54) is 0 Å². The van der Waals surface area contributed by atoms with Gasteiger partial charge in [-0.1, -0.05) is 7.43 Å². The smallest absolute Gasteiger partial charge is 0.0617 e. The number of nitrogens with two attached hydrogens (primary N) is 1. The van der Waals surface area contributed by atoms with E-state index in [-0.39, 0.29) is 14.0 Å². The Balaban J connectivity index is 0. The van der Waals surface area contributed by atoms with Crippen LogP contribution in [0.3, 0.4) is 0 Å². The molecule has 0 spiro atoms. The Morgan fingerprint density at radius 1 is 1.64 bits per heavy atom. The van der Waals surface area contributed by atoms with E-state index in [9.17, 15) is 0 Å². The zero-order valence-electron chi connectivity index (χ0n) is 6.55. The van der Waals surface area contributed by atoms with Crippen molar-refractivity contribution in [2.24, 2.45) is 5.73 Å². The normalized spacial score (nSPS) is 22.6. The summed E-state index contributed by atoms with van der Waals surface area (Å²) >= 11 is 0. The van der Waals surface area contributed by atoms with Crippen LogP contribution >= 0.6 is 0 Å². The summed E-state index contributed by atoms with van der Waals surface area (Å²) < 4.78 is 5.06. The molecule has 1 heterocycles. The Morgan fingerprint density at radius 3 is 2.36 bits per heavy atom. The monoisotopic (exact) mass is 163 g/mol. The lowest BCUT2D eigenvalue weighted by molar-refractivity contribution is 0.0822. The highest BCUT2D eigenvalue weighted by atomic mass is 16.5. The van der Waals surface area contributed by atoms with Crippen molar-refractivity contribution in [3.8, 4) is 0 Å². The molecule has 70 valence electrons. The number of aliphatic hydroxyl groups excluding tert-OH is 1. The molecular formula is C8H21NO2. The summed E-state index contributed by atoms with van der Waals surface area (Å²) in [5.41, 5.74) is 5.51. The minimum atomic E-state index is 0. The van der Waals surface area contributed by atoms with Crippen LogP contribution in [-0.2, 0) is 4.74 Å². The van der Waals surface area contributed by atoms with Gasteiger partial charge in [0, 0.05) is 19.3 Å². The van der Waals surface area contributed by atoms with Crippen LogP contribution in [0.5, 0.6) is 0 Å². The van der Waals surface area contributed by atoms with Gasteiger partial charge < -0.3 is 15.6 Å². The lowest BCUT2D eigenvalue weighted by atomic mass is 10.1. The average molecular weight is 163 g/mol. The van der Waals surface area contributed by atoms with Gasteiger partial charge in [0.1, 0.15) is 0 Å². The molecule has 0 aromatic rings. The largest absolute Gasteiger partial charge is 0.397 e. The Kier molecular flexibility index (Phi) is 12.1. The number of aliphatic hydroxyl groups is 1. The van der Waals surface area contributed by atoms with Gasteiger partial charge in [-0.25, -0.2) is 0 Å². The molecule has 1 fully saturated rings. The van der Waals surface area contributed by atoms with Crippen LogP contribution < -0.4 is 5.73 Å². The molecule has 3 N–H and O–H groups in total. The molecule has 3 heteroatoms. The van der Waals surface area contributed by atoms with Crippen molar-refractivity contribution in [1.82, 2.24) is 0 Å². The third-order valence-electron chi connectivity index (χ3n) is 1.20. The summed E-state index contributed by atoms with van der Waals surface area (Å²) in [6, 6.07) is 0.314. The van der Waals surface area contributed by atoms with Crippen LogP contribution in [0.25, 0.3) is 0 Å². The Hall–Kier alpha value is -0.120. The van der Waals surface area contributed by atoms with Gasteiger partial charge in [-0.15, -0.1) is 0 Å². The molecule has 1 unspecified atom stereocenters. The third-order valence-corrected chi connectivity index (χ3v) is 1.20. The summed E-state index contributed by atoms with van der Waals surface area (Å²) in [6.45, 7) is 3.60. The van der Waals surface area contributed by atoms with E-state index in [1.54, 1.807) is 6.92 Å². The summed E-state index contributed by atoms with van der Waals surface area (Å²) in [4.78, 5) is 0. The summed E-state index contributed by atoms with van der Waals surface area (Å²) in [5.74, 6) is 0. The second-order valence-corrected chi connectivity index (χ2v) is 2.29. The minimum absolute atomic E-state index is 0. The van der Waals surface area contributed by atoms with E-state index in [2.05, 4.69) is 0 Å². The molecule has 0 amide bonds. The fraction of sp³-hybridized carbons (Fsp3) is 1.00. The SMILES string of the molecule is C.CCO.NC1CCCOC1.